The predicted molar refractivity (Wildman–Crippen MR) is 136 cm³/mol. The summed E-state index contributed by atoms with van der Waals surface area (Å²) >= 11 is 0. The van der Waals surface area contributed by atoms with E-state index in [0.29, 0.717) is 45.6 Å². The maximum atomic E-state index is 13.5. The Morgan fingerprint density at radius 2 is 1.86 bits per heavy atom. The van der Waals surface area contributed by atoms with Gasteiger partial charge in [0.1, 0.15) is 0 Å². The van der Waals surface area contributed by atoms with Gasteiger partial charge in [-0.2, -0.15) is 5.10 Å². The number of hydrogen-bond acceptors (Lipinski definition) is 5. The molecule has 9 heteroatoms. The van der Waals surface area contributed by atoms with E-state index in [1.165, 1.54) is 0 Å². The number of carbonyl (C=O) groups excluding carboxylic acids is 2. The van der Waals surface area contributed by atoms with Crippen molar-refractivity contribution in [3.05, 3.63) is 71.9 Å². The summed E-state index contributed by atoms with van der Waals surface area (Å²) in [5.74, 6) is 0.115. The van der Waals surface area contributed by atoms with Gasteiger partial charge in [-0.05, 0) is 37.1 Å². The second-order valence-electron chi connectivity index (χ2n) is 8.28. The summed E-state index contributed by atoms with van der Waals surface area (Å²) in [4.78, 5) is 30.6. The second kappa shape index (κ2) is 10.4. The van der Waals surface area contributed by atoms with Gasteiger partial charge < -0.3 is 21.1 Å². The zero-order valence-corrected chi connectivity index (χ0v) is 19.9. The van der Waals surface area contributed by atoms with E-state index < -0.39 is 12.1 Å². The summed E-state index contributed by atoms with van der Waals surface area (Å²) in [6.45, 7) is 3.85. The number of pyridine rings is 1. The van der Waals surface area contributed by atoms with Crippen LogP contribution < -0.4 is 16.0 Å². The molecule has 0 aliphatic rings. The molecule has 2 heterocycles. The van der Waals surface area contributed by atoms with Crippen molar-refractivity contribution in [2.75, 3.05) is 17.2 Å². The first-order chi connectivity index (χ1) is 16.9. The number of benzene rings is 2. The first kappa shape index (κ1) is 23.9. The fraction of sp³-hybridized carbons (Fsp3) is 0.231. The molecule has 0 fully saturated rings. The van der Waals surface area contributed by atoms with E-state index in [-0.39, 0.29) is 12.5 Å². The number of rotatable bonds is 7. The van der Waals surface area contributed by atoms with Gasteiger partial charge in [0.2, 0.25) is 0 Å². The molecule has 4 rings (SSSR count). The molecule has 0 bridgehead atoms. The molecule has 9 nitrogen and oxygen atoms in total. The zero-order valence-electron chi connectivity index (χ0n) is 19.9. The third-order valence-electron chi connectivity index (χ3n) is 5.69. The maximum Gasteiger partial charge on any atom is 0.319 e. The van der Waals surface area contributed by atoms with E-state index in [2.05, 4.69) is 21.0 Å². The molecular weight excluding hydrogens is 444 g/mol. The van der Waals surface area contributed by atoms with Crippen molar-refractivity contribution in [1.82, 2.24) is 20.1 Å². The molecule has 0 spiro atoms. The highest BCUT2D eigenvalue weighted by molar-refractivity contribution is 6.14. The highest BCUT2D eigenvalue weighted by atomic mass is 16.3. The Bertz CT molecular complexity index is 1370. The lowest BCUT2D eigenvalue weighted by molar-refractivity contribution is 0.102. The molecule has 2 aromatic heterocycles. The van der Waals surface area contributed by atoms with Crippen LogP contribution in [0.1, 0.15) is 29.3 Å². The van der Waals surface area contributed by atoms with Crippen molar-refractivity contribution in [1.29, 1.82) is 0 Å². The summed E-state index contributed by atoms with van der Waals surface area (Å²) in [7, 11) is 1.78. The normalized spacial score (nSPS) is 11.8. The second-order valence-corrected chi connectivity index (χ2v) is 8.28. The van der Waals surface area contributed by atoms with Crippen LogP contribution >= 0.6 is 0 Å². The molecule has 0 aliphatic heterocycles. The smallest absolute Gasteiger partial charge is 0.319 e. The number of nitrogens with zero attached hydrogens (tertiary/aromatic N) is 3. The van der Waals surface area contributed by atoms with E-state index in [0.717, 1.165) is 5.56 Å². The quantitative estimate of drug-likeness (QED) is 0.323. The van der Waals surface area contributed by atoms with E-state index in [9.17, 15) is 14.7 Å². The molecule has 35 heavy (non-hydrogen) atoms. The number of aliphatic hydroxyl groups is 1. The summed E-state index contributed by atoms with van der Waals surface area (Å²) in [5, 5.41) is 22.8. The maximum absolute atomic E-state index is 13.5. The van der Waals surface area contributed by atoms with Gasteiger partial charge in [0.15, 0.2) is 5.82 Å². The standard InChI is InChI=1S/C26H28N6O3/c1-4-19(33)15-27-26(35)28-18-10-11-21-20(14-18)23(25(34)30-22-12-13-32(3)31-22)16(2)24(29-21)17-8-6-5-7-9-17/h5-14,19,33H,4,15H2,1-3H3,(H2,27,28,35)(H,30,31,34). The third kappa shape index (κ3) is 5.47. The number of aromatic nitrogens is 3. The molecule has 2 aromatic carbocycles. The van der Waals surface area contributed by atoms with E-state index >= 15 is 0 Å². The Hall–Kier alpha value is -4.24. The highest BCUT2D eigenvalue weighted by Gasteiger charge is 2.20. The van der Waals surface area contributed by atoms with Gasteiger partial charge in [-0.1, -0.05) is 37.3 Å². The van der Waals surface area contributed by atoms with Crippen LogP contribution in [0.15, 0.2) is 60.8 Å². The lowest BCUT2D eigenvalue weighted by Gasteiger charge is -2.16. The van der Waals surface area contributed by atoms with Crippen molar-refractivity contribution in [2.24, 2.45) is 7.05 Å². The van der Waals surface area contributed by atoms with Crippen LogP contribution in [-0.2, 0) is 7.05 Å². The molecule has 4 aromatic rings. The summed E-state index contributed by atoms with van der Waals surface area (Å²) < 4.78 is 1.61. The summed E-state index contributed by atoms with van der Waals surface area (Å²) in [5.41, 5.74) is 3.88. The van der Waals surface area contributed by atoms with Gasteiger partial charge in [0, 0.05) is 42.5 Å². The minimum atomic E-state index is -0.609. The Balaban J connectivity index is 1.75. The first-order valence-electron chi connectivity index (χ1n) is 11.4. The number of urea groups is 1. The average molecular weight is 473 g/mol. The van der Waals surface area contributed by atoms with Gasteiger partial charge in [0.25, 0.3) is 5.91 Å². The number of anilines is 2. The number of aliphatic hydroxyl groups excluding tert-OH is 1. The fourth-order valence-electron chi connectivity index (χ4n) is 3.80. The summed E-state index contributed by atoms with van der Waals surface area (Å²) in [6.07, 6.45) is 1.68. The highest BCUT2D eigenvalue weighted by Crippen LogP contribution is 2.31. The van der Waals surface area contributed by atoms with Crippen molar-refractivity contribution < 1.29 is 14.7 Å². The molecular formula is C26H28N6O3. The van der Waals surface area contributed by atoms with Gasteiger partial charge in [0.05, 0.1) is 22.9 Å². The van der Waals surface area contributed by atoms with E-state index in [1.54, 1.807) is 42.2 Å². The lowest BCUT2D eigenvalue weighted by atomic mass is 9.97. The van der Waals surface area contributed by atoms with Crippen LogP contribution in [0.3, 0.4) is 0 Å². The predicted octanol–water partition coefficient (Wildman–Crippen LogP) is 4.09. The number of hydrogen-bond donors (Lipinski definition) is 4. The van der Waals surface area contributed by atoms with Crippen LogP contribution in [0.2, 0.25) is 0 Å². The molecule has 0 radical (unpaired) electrons. The molecule has 180 valence electrons. The third-order valence-corrected chi connectivity index (χ3v) is 5.69. The largest absolute Gasteiger partial charge is 0.391 e. The molecule has 3 amide bonds. The van der Waals surface area contributed by atoms with Gasteiger partial charge in [-0.15, -0.1) is 0 Å². The molecule has 4 N–H and O–H groups in total. The zero-order chi connectivity index (χ0) is 24.9. The van der Waals surface area contributed by atoms with Gasteiger partial charge in [-0.3, -0.25) is 9.48 Å². The van der Waals surface area contributed by atoms with Crippen molar-refractivity contribution in [2.45, 2.75) is 26.4 Å². The molecule has 0 saturated carbocycles. The Morgan fingerprint density at radius 3 is 2.54 bits per heavy atom. The van der Waals surface area contributed by atoms with Crippen LogP contribution in [0.25, 0.3) is 22.2 Å². The minimum Gasteiger partial charge on any atom is -0.391 e. The Kier molecular flexibility index (Phi) is 7.07. The van der Waals surface area contributed by atoms with Crippen LogP contribution in [0, 0.1) is 6.92 Å². The average Bonchev–Trinajstić information content (AvgIpc) is 3.26. The number of nitrogens with one attached hydrogen (secondary N) is 3. The summed E-state index contributed by atoms with van der Waals surface area (Å²) in [6, 6.07) is 16.2. The molecule has 0 aliphatic carbocycles. The molecule has 1 atom stereocenters. The number of amides is 3. The molecule has 0 saturated heterocycles. The van der Waals surface area contributed by atoms with Crippen LogP contribution in [0.4, 0.5) is 16.3 Å². The van der Waals surface area contributed by atoms with Crippen LogP contribution in [0.5, 0.6) is 0 Å². The van der Waals surface area contributed by atoms with Crippen molar-refractivity contribution >= 4 is 34.3 Å². The molecule has 1 unspecified atom stereocenters. The monoisotopic (exact) mass is 472 g/mol. The first-order valence-corrected chi connectivity index (χ1v) is 11.4. The Morgan fingerprint density at radius 1 is 1.09 bits per heavy atom. The van der Waals surface area contributed by atoms with Crippen molar-refractivity contribution in [3.63, 3.8) is 0 Å². The topological polar surface area (TPSA) is 121 Å². The van der Waals surface area contributed by atoms with E-state index in [1.807, 2.05) is 44.2 Å². The van der Waals surface area contributed by atoms with Gasteiger partial charge in [-0.25, -0.2) is 9.78 Å². The van der Waals surface area contributed by atoms with Crippen molar-refractivity contribution in [3.8, 4) is 11.3 Å². The van der Waals surface area contributed by atoms with Crippen LogP contribution in [-0.4, -0.2) is 44.5 Å². The number of aryl methyl sites for hydroxylation is 1. The minimum absolute atomic E-state index is 0.148. The Labute approximate surface area is 203 Å². The fourth-order valence-corrected chi connectivity index (χ4v) is 3.80. The van der Waals surface area contributed by atoms with E-state index in [4.69, 9.17) is 4.98 Å². The SMILES string of the molecule is CCC(O)CNC(=O)Nc1ccc2nc(-c3ccccc3)c(C)c(C(=O)Nc3ccn(C)n3)c2c1. The van der Waals surface area contributed by atoms with Gasteiger partial charge >= 0.3 is 6.03 Å². The number of fused-ring (bicyclic) bond motifs is 1. The lowest BCUT2D eigenvalue weighted by Crippen LogP contribution is -2.34. The number of carbonyl (C=O) groups is 2.